The van der Waals surface area contributed by atoms with E-state index in [1.165, 1.54) is 0 Å². The zero-order valence-corrected chi connectivity index (χ0v) is 10.0. The number of nitrogens with zero attached hydrogens (tertiary/aromatic N) is 1. The molecule has 16 heavy (non-hydrogen) atoms. The van der Waals surface area contributed by atoms with Gasteiger partial charge in [-0.15, -0.1) is 0 Å². The highest BCUT2D eigenvalue weighted by Crippen LogP contribution is 2.25. The number of hydrogen-bond acceptors (Lipinski definition) is 4. The molecule has 1 N–H and O–H groups in total. The first-order valence-corrected chi connectivity index (χ1v) is 5.30. The van der Waals surface area contributed by atoms with E-state index in [1.54, 1.807) is 25.1 Å². The highest BCUT2D eigenvalue weighted by molar-refractivity contribution is 6.35. The topological polar surface area (TPSA) is 50.7 Å². The summed E-state index contributed by atoms with van der Waals surface area (Å²) in [5.74, 6) is -0.520. The average Bonchev–Trinajstić information content (AvgIpc) is 2.23. The fraction of sp³-hybridized carbons (Fsp3) is 0.200. The average molecular weight is 261 g/mol. The van der Waals surface area contributed by atoms with Crippen LogP contribution in [0.1, 0.15) is 6.92 Å². The van der Waals surface area contributed by atoms with Gasteiger partial charge in [-0.05, 0) is 25.1 Å². The lowest BCUT2D eigenvalue weighted by Gasteiger charge is -2.03. The highest BCUT2D eigenvalue weighted by atomic mass is 35.5. The minimum Gasteiger partial charge on any atom is -0.462 e. The molecule has 0 saturated carbocycles. The number of benzene rings is 1. The minimum atomic E-state index is -0.520. The van der Waals surface area contributed by atoms with Gasteiger partial charge in [0.25, 0.3) is 0 Å². The molecule has 0 aliphatic rings. The van der Waals surface area contributed by atoms with Crippen LogP contribution in [-0.2, 0) is 9.53 Å². The van der Waals surface area contributed by atoms with Crippen LogP contribution in [0.15, 0.2) is 23.3 Å². The molecule has 6 heteroatoms. The van der Waals surface area contributed by atoms with E-state index in [2.05, 4.69) is 15.3 Å². The smallest absolute Gasteiger partial charge is 0.351 e. The molecule has 0 unspecified atom stereocenters. The lowest BCUT2D eigenvalue weighted by atomic mass is 10.3. The van der Waals surface area contributed by atoms with Crippen molar-refractivity contribution >= 4 is 41.1 Å². The third-order valence-electron chi connectivity index (χ3n) is 1.57. The van der Waals surface area contributed by atoms with Crippen molar-refractivity contribution in [1.82, 2.24) is 0 Å². The molecule has 4 nitrogen and oxygen atoms in total. The van der Waals surface area contributed by atoms with Gasteiger partial charge >= 0.3 is 5.97 Å². The monoisotopic (exact) mass is 260 g/mol. The molecule has 0 spiro atoms. The molecule has 0 saturated heterocycles. The van der Waals surface area contributed by atoms with Crippen molar-refractivity contribution in [2.24, 2.45) is 5.10 Å². The second-order valence-electron chi connectivity index (χ2n) is 2.75. The fourth-order valence-corrected chi connectivity index (χ4v) is 1.25. The number of rotatable bonds is 4. The Morgan fingerprint density at radius 2 is 2.31 bits per heavy atom. The quantitative estimate of drug-likeness (QED) is 0.515. The fourth-order valence-electron chi connectivity index (χ4n) is 0.917. The van der Waals surface area contributed by atoms with Gasteiger partial charge in [0.1, 0.15) is 6.21 Å². The van der Waals surface area contributed by atoms with Crippen LogP contribution in [0.5, 0.6) is 0 Å². The van der Waals surface area contributed by atoms with E-state index in [-0.39, 0.29) is 0 Å². The Morgan fingerprint density at radius 3 is 3.00 bits per heavy atom. The van der Waals surface area contributed by atoms with Gasteiger partial charge in [-0.2, -0.15) is 5.10 Å². The number of anilines is 1. The summed E-state index contributed by atoms with van der Waals surface area (Å²) in [7, 11) is 0. The third kappa shape index (κ3) is 4.08. The Morgan fingerprint density at radius 1 is 1.56 bits per heavy atom. The van der Waals surface area contributed by atoms with Crippen LogP contribution in [0.3, 0.4) is 0 Å². The molecule has 0 aliphatic carbocycles. The summed E-state index contributed by atoms with van der Waals surface area (Å²) in [6, 6.07) is 4.89. The van der Waals surface area contributed by atoms with Gasteiger partial charge in [-0.25, -0.2) is 4.79 Å². The molecule has 0 aliphatic heterocycles. The number of nitrogens with one attached hydrogen (secondary N) is 1. The Bertz CT molecular complexity index is 408. The molecule has 1 aromatic rings. The van der Waals surface area contributed by atoms with Crippen LogP contribution >= 0.6 is 23.2 Å². The van der Waals surface area contributed by atoms with Crippen LogP contribution in [0.25, 0.3) is 0 Å². The second kappa shape index (κ2) is 6.35. The largest absolute Gasteiger partial charge is 0.462 e. The number of carbonyl (C=O) groups excluding carboxylic acids is 1. The number of hydrogen-bond donors (Lipinski definition) is 1. The Labute approximate surface area is 103 Å². The maximum atomic E-state index is 10.9. The van der Waals surface area contributed by atoms with E-state index >= 15 is 0 Å². The molecular formula is C10H10Cl2N2O2. The number of esters is 1. The third-order valence-corrected chi connectivity index (χ3v) is 2.13. The van der Waals surface area contributed by atoms with E-state index in [0.29, 0.717) is 22.3 Å². The molecule has 0 amide bonds. The molecule has 86 valence electrons. The van der Waals surface area contributed by atoms with Crippen molar-refractivity contribution in [2.75, 3.05) is 12.0 Å². The molecular weight excluding hydrogens is 251 g/mol. The summed E-state index contributed by atoms with van der Waals surface area (Å²) in [6.45, 7) is 2.02. The van der Waals surface area contributed by atoms with Gasteiger partial charge in [0, 0.05) is 5.02 Å². The van der Waals surface area contributed by atoms with Crippen LogP contribution in [0, 0.1) is 0 Å². The lowest BCUT2D eigenvalue weighted by molar-refractivity contribution is -0.134. The number of halogens is 2. The zero-order chi connectivity index (χ0) is 12.0. The number of ether oxygens (including phenoxy) is 1. The first kappa shape index (κ1) is 12.8. The molecule has 0 bridgehead atoms. The van der Waals surface area contributed by atoms with Gasteiger partial charge in [0.15, 0.2) is 0 Å². The van der Waals surface area contributed by atoms with Crippen molar-refractivity contribution in [3.8, 4) is 0 Å². The lowest BCUT2D eigenvalue weighted by Crippen LogP contribution is -2.06. The molecule has 0 fully saturated rings. The maximum Gasteiger partial charge on any atom is 0.351 e. The predicted molar refractivity (Wildman–Crippen MR) is 65.2 cm³/mol. The van der Waals surface area contributed by atoms with Crippen LogP contribution in [-0.4, -0.2) is 18.8 Å². The van der Waals surface area contributed by atoms with Crippen molar-refractivity contribution in [3.05, 3.63) is 28.2 Å². The first-order valence-electron chi connectivity index (χ1n) is 4.54. The van der Waals surface area contributed by atoms with Crippen LogP contribution in [0.4, 0.5) is 5.69 Å². The van der Waals surface area contributed by atoms with Crippen molar-refractivity contribution in [1.29, 1.82) is 0 Å². The standard InChI is InChI=1S/C10H10Cl2N2O2/c1-2-16-10(15)6-13-14-9-5-7(11)3-4-8(9)12/h3-6,14H,2H2,1H3/b13-6+. The number of carbonyl (C=O) groups is 1. The van der Waals surface area contributed by atoms with Gasteiger partial charge in [-0.1, -0.05) is 23.2 Å². The Hall–Kier alpha value is -1.26. The van der Waals surface area contributed by atoms with E-state index in [9.17, 15) is 4.79 Å². The first-order chi connectivity index (χ1) is 7.63. The molecule has 1 aromatic carbocycles. The van der Waals surface area contributed by atoms with Gasteiger partial charge in [0.05, 0.1) is 17.3 Å². The van der Waals surface area contributed by atoms with Crippen LogP contribution < -0.4 is 5.43 Å². The van der Waals surface area contributed by atoms with Gasteiger partial charge in [-0.3, -0.25) is 5.43 Å². The zero-order valence-electron chi connectivity index (χ0n) is 8.54. The summed E-state index contributed by atoms with van der Waals surface area (Å²) >= 11 is 11.6. The minimum absolute atomic E-state index is 0.308. The van der Waals surface area contributed by atoms with Gasteiger partial charge < -0.3 is 4.74 Å². The molecule has 1 rings (SSSR count). The SMILES string of the molecule is CCOC(=O)/C=N/Nc1cc(Cl)ccc1Cl. The van der Waals surface area contributed by atoms with Crippen LogP contribution in [0.2, 0.25) is 10.0 Å². The van der Waals surface area contributed by atoms with E-state index in [0.717, 1.165) is 6.21 Å². The Kier molecular flexibility index (Phi) is 5.08. The van der Waals surface area contributed by atoms with E-state index < -0.39 is 5.97 Å². The van der Waals surface area contributed by atoms with E-state index in [4.69, 9.17) is 23.2 Å². The second-order valence-corrected chi connectivity index (χ2v) is 3.59. The van der Waals surface area contributed by atoms with Gasteiger partial charge in [0.2, 0.25) is 0 Å². The normalized spacial score (nSPS) is 10.4. The number of hydrazone groups is 1. The predicted octanol–water partition coefficient (Wildman–Crippen LogP) is 2.95. The van der Waals surface area contributed by atoms with Crippen molar-refractivity contribution in [3.63, 3.8) is 0 Å². The molecule has 0 heterocycles. The summed E-state index contributed by atoms with van der Waals surface area (Å²) in [4.78, 5) is 10.9. The Balaban J connectivity index is 2.60. The summed E-state index contributed by atoms with van der Waals surface area (Å²) in [5.41, 5.74) is 3.12. The molecule has 0 aromatic heterocycles. The van der Waals surface area contributed by atoms with Crippen molar-refractivity contribution in [2.45, 2.75) is 6.92 Å². The molecule has 0 atom stereocenters. The highest BCUT2D eigenvalue weighted by Gasteiger charge is 2.00. The summed E-state index contributed by atoms with van der Waals surface area (Å²) in [6.07, 6.45) is 1.03. The summed E-state index contributed by atoms with van der Waals surface area (Å²) < 4.78 is 4.65. The molecule has 0 radical (unpaired) electrons. The van der Waals surface area contributed by atoms with E-state index in [1.807, 2.05) is 0 Å². The summed E-state index contributed by atoms with van der Waals surface area (Å²) in [5, 5.41) is 4.66. The van der Waals surface area contributed by atoms with Crippen molar-refractivity contribution < 1.29 is 9.53 Å². The maximum absolute atomic E-state index is 10.9.